The molecule has 0 aromatic heterocycles. The van der Waals surface area contributed by atoms with E-state index < -0.39 is 0 Å². The van der Waals surface area contributed by atoms with E-state index >= 15 is 0 Å². The van der Waals surface area contributed by atoms with Gasteiger partial charge in [0.1, 0.15) is 0 Å². The predicted octanol–water partition coefficient (Wildman–Crippen LogP) is 3.26. The lowest BCUT2D eigenvalue weighted by Gasteiger charge is -2.44. The highest BCUT2D eigenvalue weighted by molar-refractivity contribution is 5.00. The highest BCUT2D eigenvalue weighted by Crippen LogP contribution is 2.41. The Kier molecular flexibility index (Phi) is 3.72. The number of rotatable bonds is 2. The van der Waals surface area contributed by atoms with Crippen LogP contribution in [0.25, 0.3) is 0 Å². The second-order valence-electron chi connectivity index (χ2n) is 6.37. The van der Waals surface area contributed by atoms with Crippen LogP contribution in [0.1, 0.15) is 64.2 Å². The molecule has 1 N–H and O–H groups in total. The van der Waals surface area contributed by atoms with Crippen LogP contribution in [0.2, 0.25) is 0 Å². The normalized spacial score (nSPS) is 34.2. The van der Waals surface area contributed by atoms with Gasteiger partial charge in [-0.2, -0.15) is 0 Å². The zero-order valence-corrected chi connectivity index (χ0v) is 11.0. The maximum absolute atomic E-state index is 6.22. The Bertz CT molecular complexity index is 241. The summed E-state index contributed by atoms with van der Waals surface area (Å²) in [6.45, 7) is 2.00. The summed E-state index contributed by atoms with van der Waals surface area (Å²) in [6.07, 6.45) is 14.1. The molecular weight excluding hydrogens is 210 g/mol. The lowest BCUT2D eigenvalue weighted by atomic mass is 9.79. The lowest BCUT2D eigenvalue weighted by molar-refractivity contribution is -0.0976. The quantitative estimate of drug-likeness (QED) is 0.796. The maximum atomic E-state index is 6.22. The molecule has 1 spiro atoms. The van der Waals surface area contributed by atoms with Crippen LogP contribution >= 0.6 is 0 Å². The fourth-order valence-electron chi connectivity index (χ4n) is 4.29. The molecule has 3 aliphatic rings. The molecule has 1 heterocycles. The van der Waals surface area contributed by atoms with Crippen molar-refractivity contribution in [1.82, 2.24) is 5.32 Å². The van der Waals surface area contributed by atoms with Gasteiger partial charge in [0.25, 0.3) is 0 Å². The molecule has 2 saturated carbocycles. The van der Waals surface area contributed by atoms with Crippen LogP contribution in [-0.4, -0.2) is 24.8 Å². The zero-order chi connectivity index (χ0) is 11.6. The molecule has 0 amide bonds. The Hall–Kier alpha value is -0.0800. The number of hydrogen-bond donors (Lipinski definition) is 1. The van der Waals surface area contributed by atoms with E-state index in [1.807, 2.05) is 0 Å². The van der Waals surface area contributed by atoms with E-state index in [0.29, 0.717) is 6.04 Å². The highest BCUT2D eigenvalue weighted by Gasteiger charge is 2.44. The van der Waals surface area contributed by atoms with Gasteiger partial charge in [0.2, 0.25) is 0 Å². The molecule has 0 aromatic rings. The van der Waals surface area contributed by atoms with Crippen LogP contribution in [0.4, 0.5) is 0 Å². The molecule has 2 nitrogen and oxygen atoms in total. The fourth-order valence-corrected chi connectivity index (χ4v) is 4.29. The largest absolute Gasteiger partial charge is 0.372 e. The summed E-state index contributed by atoms with van der Waals surface area (Å²) in [5.41, 5.74) is 0.232. The number of ether oxygens (including phenoxy) is 1. The van der Waals surface area contributed by atoms with Crippen molar-refractivity contribution in [2.45, 2.75) is 75.9 Å². The van der Waals surface area contributed by atoms with Gasteiger partial charge in [-0.1, -0.05) is 44.9 Å². The zero-order valence-electron chi connectivity index (χ0n) is 11.0. The number of morpholine rings is 1. The Morgan fingerprint density at radius 3 is 2.53 bits per heavy atom. The fraction of sp³-hybridized carbons (Fsp3) is 1.00. The first-order valence-corrected chi connectivity index (χ1v) is 7.76. The summed E-state index contributed by atoms with van der Waals surface area (Å²) < 4.78 is 6.22. The first-order chi connectivity index (χ1) is 8.39. The van der Waals surface area contributed by atoms with Gasteiger partial charge in [0, 0.05) is 12.6 Å². The molecule has 3 fully saturated rings. The lowest BCUT2D eigenvalue weighted by Crippen LogP contribution is -2.57. The average molecular weight is 237 g/mol. The Balaban J connectivity index is 1.62. The van der Waals surface area contributed by atoms with E-state index in [1.54, 1.807) is 0 Å². The van der Waals surface area contributed by atoms with Gasteiger partial charge in [-0.05, 0) is 25.2 Å². The van der Waals surface area contributed by atoms with Crippen molar-refractivity contribution in [3.63, 3.8) is 0 Å². The minimum Gasteiger partial charge on any atom is -0.372 e. The van der Waals surface area contributed by atoms with Crippen LogP contribution in [-0.2, 0) is 4.74 Å². The molecule has 3 rings (SSSR count). The van der Waals surface area contributed by atoms with Gasteiger partial charge < -0.3 is 10.1 Å². The van der Waals surface area contributed by atoms with E-state index in [0.717, 1.165) is 19.1 Å². The summed E-state index contributed by atoms with van der Waals surface area (Å²) >= 11 is 0. The summed E-state index contributed by atoms with van der Waals surface area (Å²) in [7, 11) is 0. The first kappa shape index (κ1) is 12.0. The average Bonchev–Trinajstić information content (AvgIpc) is 2.83. The van der Waals surface area contributed by atoms with Gasteiger partial charge in [0.05, 0.1) is 12.2 Å². The second-order valence-corrected chi connectivity index (χ2v) is 6.37. The second kappa shape index (κ2) is 5.27. The SMILES string of the molecule is C1CCC(CC2NCCOC23CCCC3)CC1. The summed E-state index contributed by atoms with van der Waals surface area (Å²) in [4.78, 5) is 0. The van der Waals surface area contributed by atoms with Crippen LogP contribution in [0.5, 0.6) is 0 Å². The number of nitrogens with one attached hydrogen (secondary N) is 1. The van der Waals surface area contributed by atoms with Crippen molar-refractivity contribution in [1.29, 1.82) is 0 Å². The van der Waals surface area contributed by atoms with E-state index in [4.69, 9.17) is 4.74 Å². The molecule has 98 valence electrons. The molecule has 1 aliphatic heterocycles. The molecule has 0 radical (unpaired) electrons. The molecule has 1 saturated heterocycles. The minimum absolute atomic E-state index is 0.232. The molecule has 0 aromatic carbocycles. The molecule has 2 heteroatoms. The monoisotopic (exact) mass is 237 g/mol. The van der Waals surface area contributed by atoms with E-state index in [1.165, 1.54) is 64.2 Å². The van der Waals surface area contributed by atoms with E-state index in [9.17, 15) is 0 Å². The smallest absolute Gasteiger partial charge is 0.0835 e. The van der Waals surface area contributed by atoms with Gasteiger partial charge in [-0.25, -0.2) is 0 Å². The van der Waals surface area contributed by atoms with Crippen LogP contribution in [0.3, 0.4) is 0 Å². The predicted molar refractivity (Wildman–Crippen MR) is 70.1 cm³/mol. The molecule has 2 aliphatic carbocycles. The molecule has 1 unspecified atom stereocenters. The van der Waals surface area contributed by atoms with Crippen molar-refractivity contribution in [2.75, 3.05) is 13.2 Å². The summed E-state index contributed by atoms with van der Waals surface area (Å²) in [6, 6.07) is 0.654. The Morgan fingerprint density at radius 2 is 1.76 bits per heavy atom. The summed E-state index contributed by atoms with van der Waals surface area (Å²) in [5, 5.41) is 3.77. The first-order valence-electron chi connectivity index (χ1n) is 7.76. The molecule has 0 bridgehead atoms. The topological polar surface area (TPSA) is 21.3 Å². The third kappa shape index (κ3) is 2.53. The minimum atomic E-state index is 0.232. The van der Waals surface area contributed by atoms with Gasteiger partial charge >= 0.3 is 0 Å². The molecule has 1 atom stereocenters. The van der Waals surface area contributed by atoms with Crippen LogP contribution in [0.15, 0.2) is 0 Å². The van der Waals surface area contributed by atoms with Gasteiger partial charge in [-0.3, -0.25) is 0 Å². The van der Waals surface area contributed by atoms with Crippen molar-refractivity contribution < 1.29 is 4.74 Å². The van der Waals surface area contributed by atoms with E-state index in [-0.39, 0.29) is 5.60 Å². The molecular formula is C15H27NO. The molecule has 17 heavy (non-hydrogen) atoms. The maximum Gasteiger partial charge on any atom is 0.0835 e. The third-order valence-corrected chi connectivity index (χ3v) is 5.26. The van der Waals surface area contributed by atoms with Gasteiger partial charge in [0.15, 0.2) is 0 Å². The number of hydrogen-bond acceptors (Lipinski definition) is 2. The van der Waals surface area contributed by atoms with E-state index in [2.05, 4.69) is 5.32 Å². The standard InChI is InChI=1S/C15H27NO/c1-2-6-13(7-3-1)12-14-15(8-4-5-9-15)17-11-10-16-14/h13-14,16H,1-12H2. The van der Waals surface area contributed by atoms with Gasteiger partial charge in [-0.15, -0.1) is 0 Å². The van der Waals surface area contributed by atoms with Crippen LogP contribution < -0.4 is 5.32 Å². The summed E-state index contributed by atoms with van der Waals surface area (Å²) in [5.74, 6) is 0.973. The Morgan fingerprint density at radius 1 is 1.00 bits per heavy atom. The van der Waals surface area contributed by atoms with Crippen molar-refractivity contribution >= 4 is 0 Å². The van der Waals surface area contributed by atoms with Crippen molar-refractivity contribution in [3.05, 3.63) is 0 Å². The Labute approximate surface area is 105 Å². The highest BCUT2D eigenvalue weighted by atomic mass is 16.5. The third-order valence-electron chi connectivity index (χ3n) is 5.26. The van der Waals surface area contributed by atoms with Crippen molar-refractivity contribution in [2.24, 2.45) is 5.92 Å². The van der Waals surface area contributed by atoms with Crippen LogP contribution in [0, 0.1) is 5.92 Å². The van der Waals surface area contributed by atoms with Crippen molar-refractivity contribution in [3.8, 4) is 0 Å².